The minimum absolute atomic E-state index is 0.510. The molecule has 0 amide bonds. The van der Waals surface area contributed by atoms with Crippen LogP contribution in [0.3, 0.4) is 0 Å². The van der Waals surface area contributed by atoms with Gasteiger partial charge in [0.2, 0.25) is 0 Å². The maximum absolute atomic E-state index is 5.93. The lowest BCUT2D eigenvalue weighted by Gasteiger charge is -2.13. The lowest BCUT2D eigenvalue weighted by molar-refractivity contribution is 0.324. The van der Waals surface area contributed by atoms with Gasteiger partial charge < -0.3 is 5.73 Å². The van der Waals surface area contributed by atoms with Crippen molar-refractivity contribution in [3.8, 4) is 0 Å². The Morgan fingerprint density at radius 3 is 2.57 bits per heavy atom. The van der Waals surface area contributed by atoms with E-state index in [4.69, 9.17) is 5.73 Å². The van der Waals surface area contributed by atoms with Gasteiger partial charge in [-0.2, -0.15) is 0 Å². The van der Waals surface area contributed by atoms with Gasteiger partial charge in [-0.25, -0.2) is 0 Å². The van der Waals surface area contributed by atoms with Gasteiger partial charge in [0, 0.05) is 25.0 Å². The van der Waals surface area contributed by atoms with Crippen LogP contribution >= 0.6 is 0 Å². The van der Waals surface area contributed by atoms with Gasteiger partial charge in [-0.15, -0.1) is 0 Å². The zero-order chi connectivity index (χ0) is 9.54. The van der Waals surface area contributed by atoms with Crippen molar-refractivity contribution in [1.29, 1.82) is 0 Å². The first kappa shape index (κ1) is 8.72. The van der Waals surface area contributed by atoms with E-state index < -0.39 is 0 Å². The van der Waals surface area contributed by atoms with Gasteiger partial charge in [-0.3, -0.25) is 9.89 Å². The molecule has 0 bridgehead atoms. The van der Waals surface area contributed by atoms with Crippen LogP contribution in [-0.2, 0) is 0 Å². The summed E-state index contributed by atoms with van der Waals surface area (Å²) in [6.45, 7) is 2.41. The SMILES string of the molecule is NC(=NC1CCN(C2CC2)C1)C1CC1. The number of hydrogen-bond acceptors (Lipinski definition) is 2. The van der Waals surface area contributed by atoms with Crippen LogP contribution in [0.1, 0.15) is 32.1 Å². The summed E-state index contributed by atoms with van der Waals surface area (Å²) in [5.74, 6) is 1.58. The van der Waals surface area contributed by atoms with Crippen molar-refractivity contribution in [3.63, 3.8) is 0 Å². The average Bonchev–Trinajstić information content (AvgIpc) is 3.06. The Morgan fingerprint density at radius 2 is 1.93 bits per heavy atom. The molecule has 0 radical (unpaired) electrons. The average molecular weight is 193 g/mol. The Balaban J connectivity index is 1.56. The summed E-state index contributed by atoms with van der Waals surface area (Å²) < 4.78 is 0. The van der Waals surface area contributed by atoms with E-state index in [1.165, 1.54) is 38.6 Å². The Kier molecular flexibility index (Phi) is 2.01. The largest absolute Gasteiger partial charge is 0.387 e. The van der Waals surface area contributed by atoms with Crippen LogP contribution in [0.5, 0.6) is 0 Å². The third kappa shape index (κ3) is 1.78. The first-order chi connectivity index (χ1) is 6.83. The molecule has 0 spiro atoms. The molecule has 3 fully saturated rings. The van der Waals surface area contributed by atoms with E-state index in [1.807, 2.05) is 0 Å². The summed E-state index contributed by atoms with van der Waals surface area (Å²) in [5.41, 5.74) is 5.93. The fraction of sp³-hybridized carbons (Fsp3) is 0.909. The van der Waals surface area contributed by atoms with Crippen molar-refractivity contribution < 1.29 is 0 Å². The molecule has 0 aromatic rings. The summed E-state index contributed by atoms with van der Waals surface area (Å²) in [6, 6.07) is 1.41. The Morgan fingerprint density at radius 1 is 1.14 bits per heavy atom. The molecule has 1 heterocycles. The minimum Gasteiger partial charge on any atom is -0.387 e. The topological polar surface area (TPSA) is 41.6 Å². The van der Waals surface area contributed by atoms with E-state index in [9.17, 15) is 0 Å². The van der Waals surface area contributed by atoms with E-state index >= 15 is 0 Å². The van der Waals surface area contributed by atoms with Crippen LogP contribution in [0, 0.1) is 5.92 Å². The van der Waals surface area contributed by atoms with Crippen molar-refractivity contribution in [3.05, 3.63) is 0 Å². The molecule has 1 unspecified atom stereocenters. The van der Waals surface area contributed by atoms with Gasteiger partial charge in [0.25, 0.3) is 0 Å². The van der Waals surface area contributed by atoms with Crippen molar-refractivity contribution in [2.75, 3.05) is 13.1 Å². The molecule has 1 aliphatic heterocycles. The third-order valence-corrected chi connectivity index (χ3v) is 3.59. The van der Waals surface area contributed by atoms with Crippen LogP contribution in [0.2, 0.25) is 0 Å². The smallest absolute Gasteiger partial charge is 0.0972 e. The van der Waals surface area contributed by atoms with E-state index in [-0.39, 0.29) is 0 Å². The van der Waals surface area contributed by atoms with Gasteiger partial charge in [0.05, 0.1) is 11.9 Å². The molecule has 3 nitrogen and oxygen atoms in total. The van der Waals surface area contributed by atoms with E-state index in [0.29, 0.717) is 12.0 Å². The fourth-order valence-electron chi connectivity index (χ4n) is 2.34. The van der Waals surface area contributed by atoms with E-state index in [2.05, 4.69) is 9.89 Å². The third-order valence-electron chi connectivity index (χ3n) is 3.59. The first-order valence-corrected chi connectivity index (χ1v) is 5.90. The molecule has 2 N–H and O–H groups in total. The second-order valence-electron chi connectivity index (χ2n) is 5.00. The number of likely N-dealkylation sites (tertiary alicyclic amines) is 1. The van der Waals surface area contributed by atoms with Crippen molar-refractivity contribution >= 4 is 5.84 Å². The van der Waals surface area contributed by atoms with Gasteiger partial charge in [-0.05, 0) is 32.1 Å². The number of hydrogen-bond donors (Lipinski definition) is 1. The number of nitrogens with zero attached hydrogens (tertiary/aromatic N) is 2. The van der Waals surface area contributed by atoms with Crippen LogP contribution in [-0.4, -0.2) is 35.9 Å². The Hall–Kier alpha value is -0.570. The predicted molar refractivity (Wildman–Crippen MR) is 57.3 cm³/mol. The first-order valence-electron chi connectivity index (χ1n) is 5.90. The van der Waals surface area contributed by atoms with Crippen LogP contribution < -0.4 is 5.73 Å². The molecule has 2 aliphatic carbocycles. The molecule has 14 heavy (non-hydrogen) atoms. The second kappa shape index (κ2) is 3.23. The van der Waals surface area contributed by atoms with Crippen molar-refractivity contribution in [2.24, 2.45) is 16.6 Å². The summed E-state index contributed by atoms with van der Waals surface area (Å²) in [7, 11) is 0. The minimum atomic E-state index is 0.510. The van der Waals surface area contributed by atoms with Crippen LogP contribution in [0.25, 0.3) is 0 Å². The highest BCUT2D eigenvalue weighted by Gasteiger charge is 2.35. The summed E-state index contributed by atoms with van der Waals surface area (Å²) in [6.07, 6.45) is 6.59. The summed E-state index contributed by atoms with van der Waals surface area (Å²) in [4.78, 5) is 7.24. The normalized spacial score (nSPS) is 35.1. The Bertz CT molecular complexity index is 253. The molecule has 0 aromatic heterocycles. The van der Waals surface area contributed by atoms with E-state index in [1.54, 1.807) is 0 Å². The highest BCUT2D eigenvalue weighted by atomic mass is 15.2. The maximum Gasteiger partial charge on any atom is 0.0972 e. The monoisotopic (exact) mass is 193 g/mol. The second-order valence-corrected chi connectivity index (χ2v) is 5.00. The highest BCUT2D eigenvalue weighted by molar-refractivity contribution is 5.85. The summed E-state index contributed by atoms with van der Waals surface area (Å²) in [5, 5.41) is 0. The standard InChI is InChI=1S/C11H19N3/c12-11(8-1-2-8)13-9-5-6-14(7-9)10-3-4-10/h8-10H,1-7H2,(H2,12,13). The molecule has 1 atom stereocenters. The number of rotatable bonds is 3. The number of nitrogens with two attached hydrogens (primary N) is 1. The molecule has 78 valence electrons. The van der Waals surface area contributed by atoms with Crippen LogP contribution in [0.15, 0.2) is 4.99 Å². The molecular formula is C11H19N3. The number of amidine groups is 1. The molecule has 3 aliphatic rings. The quantitative estimate of drug-likeness (QED) is 0.536. The van der Waals surface area contributed by atoms with Crippen molar-refractivity contribution in [1.82, 2.24) is 4.90 Å². The molecule has 1 saturated heterocycles. The molecule has 0 aromatic carbocycles. The summed E-state index contributed by atoms with van der Waals surface area (Å²) >= 11 is 0. The maximum atomic E-state index is 5.93. The molecule has 3 heteroatoms. The fourth-order valence-corrected chi connectivity index (χ4v) is 2.34. The van der Waals surface area contributed by atoms with Gasteiger partial charge >= 0.3 is 0 Å². The molecule has 2 saturated carbocycles. The lowest BCUT2D eigenvalue weighted by atomic mass is 10.2. The van der Waals surface area contributed by atoms with Crippen molar-refractivity contribution in [2.45, 2.75) is 44.2 Å². The van der Waals surface area contributed by atoms with Gasteiger partial charge in [0.1, 0.15) is 0 Å². The Labute approximate surface area is 85.4 Å². The predicted octanol–water partition coefficient (Wildman–Crippen LogP) is 0.990. The molecular weight excluding hydrogens is 174 g/mol. The molecule has 3 rings (SSSR count). The van der Waals surface area contributed by atoms with Gasteiger partial charge in [0.15, 0.2) is 0 Å². The zero-order valence-electron chi connectivity index (χ0n) is 8.65. The van der Waals surface area contributed by atoms with Crippen LogP contribution in [0.4, 0.5) is 0 Å². The number of aliphatic imine (C=N–C) groups is 1. The lowest BCUT2D eigenvalue weighted by Crippen LogP contribution is -2.25. The zero-order valence-corrected chi connectivity index (χ0v) is 8.65. The van der Waals surface area contributed by atoms with E-state index in [0.717, 1.165) is 18.4 Å². The van der Waals surface area contributed by atoms with Gasteiger partial charge in [-0.1, -0.05) is 0 Å². The highest BCUT2D eigenvalue weighted by Crippen LogP contribution is 2.32.